The van der Waals surface area contributed by atoms with Gasteiger partial charge in [-0.3, -0.25) is 0 Å². The van der Waals surface area contributed by atoms with Gasteiger partial charge < -0.3 is 15.1 Å². The van der Waals surface area contributed by atoms with Gasteiger partial charge in [-0.2, -0.15) is 4.98 Å². The van der Waals surface area contributed by atoms with Crippen LogP contribution in [0.25, 0.3) is 0 Å². The summed E-state index contributed by atoms with van der Waals surface area (Å²) in [6, 6.07) is 10.8. The second-order valence-electron chi connectivity index (χ2n) is 6.56. The highest BCUT2D eigenvalue weighted by atomic mass is 15.2. The highest BCUT2D eigenvalue weighted by Gasteiger charge is 2.18. The number of aromatic nitrogens is 2. The lowest BCUT2D eigenvalue weighted by Gasteiger charge is -2.30. The van der Waals surface area contributed by atoms with Gasteiger partial charge in [0, 0.05) is 37.9 Å². The van der Waals surface area contributed by atoms with E-state index in [9.17, 15) is 0 Å². The summed E-state index contributed by atoms with van der Waals surface area (Å²) in [5, 5.41) is 3.36. The van der Waals surface area contributed by atoms with Crippen molar-refractivity contribution in [1.82, 2.24) is 14.9 Å². The Balaban J connectivity index is 1.77. The zero-order valence-electron chi connectivity index (χ0n) is 14.9. The van der Waals surface area contributed by atoms with Crippen LogP contribution in [-0.2, 0) is 19.4 Å². The summed E-state index contributed by atoms with van der Waals surface area (Å²) in [5.41, 5.74) is 3.96. The number of nitrogens with one attached hydrogen (secondary N) is 1. The van der Waals surface area contributed by atoms with Gasteiger partial charge in [0.1, 0.15) is 5.82 Å². The molecule has 2 heterocycles. The molecule has 0 aliphatic carbocycles. The molecule has 5 nitrogen and oxygen atoms in total. The topological polar surface area (TPSA) is 44.3 Å². The predicted octanol–water partition coefficient (Wildman–Crippen LogP) is 2.58. The third-order valence-electron chi connectivity index (χ3n) is 4.42. The predicted molar refractivity (Wildman–Crippen MR) is 99.6 cm³/mol. The first-order valence-electron chi connectivity index (χ1n) is 8.74. The van der Waals surface area contributed by atoms with Crippen LogP contribution in [0.3, 0.4) is 0 Å². The summed E-state index contributed by atoms with van der Waals surface area (Å²) in [5.74, 6) is 1.77. The Bertz CT molecular complexity index is 683. The summed E-state index contributed by atoms with van der Waals surface area (Å²) in [6.07, 6.45) is 1.99. The number of hydrogen-bond acceptors (Lipinski definition) is 5. The lowest BCUT2D eigenvalue weighted by atomic mass is 10.00. The maximum atomic E-state index is 4.76. The lowest BCUT2D eigenvalue weighted by molar-refractivity contribution is 0.425. The summed E-state index contributed by atoms with van der Waals surface area (Å²) < 4.78 is 0. The first-order valence-corrected chi connectivity index (χ1v) is 8.74. The van der Waals surface area contributed by atoms with Gasteiger partial charge in [0.15, 0.2) is 0 Å². The first-order chi connectivity index (χ1) is 11.7. The molecule has 1 aliphatic heterocycles. The monoisotopic (exact) mass is 325 g/mol. The Morgan fingerprint density at radius 1 is 1.17 bits per heavy atom. The molecule has 0 amide bonds. The summed E-state index contributed by atoms with van der Waals surface area (Å²) in [4.78, 5) is 13.9. The average Bonchev–Trinajstić information content (AvgIpc) is 2.60. The van der Waals surface area contributed by atoms with E-state index < -0.39 is 0 Å². The van der Waals surface area contributed by atoms with E-state index in [2.05, 4.69) is 71.5 Å². The second-order valence-corrected chi connectivity index (χ2v) is 6.56. The smallest absolute Gasteiger partial charge is 0.224 e. The molecule has 0 unspecified atom stereocenters. The molecular formula is C19H27N5. The molecule has 128 valence electrons. The molecule has 24 heavy (non-hydrogen) atoms. The van der Waals surface area contributed by atoms with Gasteiger partial charge in [-0.15, -0.1) is 0 Å². The Labute approximate surface area is 144 Å². The number of fused-ring (bicyclic) bond motifs is 1. The number of aryl methyl sites for hydroxylation is 1. The molecule has 0 spiro atoms. The standard InChI is InChI=1S/C19H27N5/c1-4-17-13-18(22-19(21-17)20-10-12-23(2)3)24-11-9-15-7-5-6-8-16(15)14-24/h5-8,13H,4,9-12,14H2,1-3H3,(H,20,21,22). The van der Waals surface area contributed by atoms with Crippen molar-refractivity contribution in [2.45, 2.75) is 26.3 Å². The molecule has 1 aromatic carbocycles. The number of benzene rings is 1. The van der Waals surface area contributed by atoms with Crippen molar-refractivity contribution in [2.75, 3.05) is 43.9 Å². The Morgan fingerprint density at radius 3 is 2.71 bits per heavy atom. The van der Waals surface area contributed by atoms with Crippen LogP contribution in [0.5, 0.6) is 0 Å². The van der Waals surface area contributed by atoms with Crippen LogP contribution in [-0.4, -0.2) is 48.6 Å². The van der Waals surface area contributed by atoms with Crippen LogP contribution in [0.4, 0.5) is 11.8 Å². The van der Waals surface area contributed by atoms with Crippen LogP contribution < -0.4 is 10.2 Å². The van der Waals surface area contributed by atoms with E-state index in [0.717, 1.165) is 56.5 Å². The van der Waals surface area contributed by atoms with E-state index in [4.69, 9.17) is 4.98 Å². The molecule has 3 rings (SSSR count). The van der Waals surface area contributed by atoms with Crippen molar-refractivity contribution in [3.8, 4) is 0 Å². The van der Waals surface area contributed by atoms with Gasteiger partial charge in [-0.1, -0.05) is 31.2 Å². The molecule has 0 saturated heterocycles. The number of anilines is 2. The lowest BCUT2D eigenvalue weighted by Crippen LogP contribution is -2.31. The Morgan fingerprint density at radius 2 is 1.96 bits per heavy atom. The van der Waals surface area contributed by atoms with Gasteiger partial charge in [-0.25, -0.2) is 4.98 Å². The van der Waals surface area contributed by atoms with Crippen LogP contribution in [0.2, 0.25) is 0 Å². The second kappa shape index (κ2) is 7.62. The van der Waals surface area contributed by atoms with E-state index in [0.29, 0.717) is 0 Å². The summed E-state index contributed by atoms with van der Waals surface area (Å²) in [7, 11) is 4.14. The highest BCUT2D eigenvalue weighted by Crippen LogP contribution is 2.24. The van der Waals surface area contributed by atoms with Gasteiger partial charge in [0.05, 0.1) is 0 Å². The number of hydrogen-bond donors (Lipinski definition) is 1. The minimum atomic E-state index is 0.741. The molecule has 2 aromatic rings. The minimum absolute atomic E-state index is 0.741. The van der Waals surface area contributed by atoms with Crippen molar-refractivity contribution in [3.05, 3.63) is 47.2 Å². The first kappa shape index (κ1) is 16.7. The van der Waals surface area contributed by atoms with Crippen LogP contribution in [0, 0.1) is 0 Å². The van der Waals surface area contributed by atoms with E-state index in [1.165, 1.54) is 11.1 Å². The van der Waals surface area contributed by atoms with E-state index in [1.54, 1.807) is 0 Å². The van der Waals surface area contributed by atoms with E-state index in [-0.39, 0.29) is 0 Å². The fourth-order valence-electron chi connectivity index (χ4n) is 2.99. The quantitative estimate of drug-likeness (QED) is 0.884. The normalized spacial score (nSPS) is 13.9. The SMILES string of the molecule is CCc1cc(N2CCc3ccccc3C2)nc(NCCN(C)C)n1. The Kier molecular flexibility index (Phi) is 5.30. The molecule has 0 atom stereocenters. The third kappa shape index (κ3) is 4.03. The van der Waals surface area contributed by atoms with Crippen LogP contribution >= 0.6 is 0 Å². The maximum absolute atomic E-state index is 4.76. The summed E-state index contributed by atoms with van der Waals surface area (Å²) >= 11 is 0. The number of rotatable bonds is 6. The zero-order valence-corrected chi connectivity index (χ0v) is 14.9. The Hall–Kier alpha value is -2.14. The zero-order chi connectivity index (χ0) is 16.9. The van der Waals surface area contributed by atoms with Gasteiger partial charge in [-0.05, 0) is 38.1 Å². The summed E-state index contributed by atoms with van der Waals surface area (Å²) in [6.45, 7) is 5.89. The molecule has 1 aliphatic rings. The van der Waals surface area contributed by atoms with Crippen molar-refractivity contribution in [3.63, 3.8) is 0 Å². The molecule has 1 N–H and O–H groups in total. The number of nitrogens with zero attached hydrogens (tertiary/aromatic N) is 4. The van der Waals surface area contributed by atoms with Crippen molar-refractivity contribution in [2.24, 2.45) is 0 Å². The van der Waals surface area contributed by atoms with Gasteiger partial charge >= 0.3 is 0 Å². The molecule has 0 saturated carbocycles. The fraction of sp³-hybridized carbons (Fsp3) is 0.474. The largest absolute Gasteiger partial charge is 0.353 e. The van der Waals surface area contributed by atoms with Crippen molar-refractivity contribution in [1.29, 1.82) is 0 Å². The van der Waals surface area contributed by atoms with Crippen molar-refractivity contribution >= 4 is 11.8 Å². The fourth-order valence-corrected chi connectivity index (χ4v) is 2.99. The van der Waals surface area contributed by atoms with Crippen LogP contribution in [0.1, 0.15) is 23.7 Å². The van der Waals surface area contributed by atoms with E-state index >= 15 is 0 Å². The minimum Gasteiger partial charge on any atom is -0.353 e. The molecule has 1 aromatic heterocycles. The van der Waals surface area contributed by atoms with E-state index in [1.807, 2.05) is 0 Å². The molecular weight excluding hydrogens is 298 g/mol. The van der Waals surface area contributed by atoms with Crippen LogP contribution in [0.15, 0.2) is 30.3 Å². The molecule has 0 fully saturated rings. The molecule has 0 bridgehead atoms. The average molecular weight is 325 g/mol. The highest BCUT2D eigenvalue weighted by molar-refractivity contribution is 5.48. The van der Waals surface area contributed by atoms with Gasteiger partial charge in [0.2, 0.25) is 5.95 Å². The number of likely N-dealkylation sites (N-methyl/N-ethyl adjacent to an activating group) is 1. The van der Waals surface area contributed by atoms with Gasteiger partial charge in [0.25, 0.3) is 0 Å². The molecule has 0 radical (unpaired) electrons. The molecule has 5 heteroatoms. The third-order valence-corrected chi connectivity index (χ3v) is 4.42. The van der Waals surface area contributed by atoms with Crippen molar-refractivity contribution < 1.29 is 0 Å². The maximum Gasteiger partial charge on any atom is 0.224 e.